The number of carbonyl (C=O) groups excluding carboxylic acids is 1. The van der Waals surface area contributed by atoms with Gasteiger partial charge >= 0.3 is 5.97 Å². The number of nitrogens with zero attached hydrogens (tertiary/aromatic N) is 4. The van der Waals surface area contributed by atoms with E-state index in [0.717, 1.165) is 25.0 Å². The smallest absolute Gasteiger partial charge is 0.341 e. The van der Waals surface area contributed by atoms with E-state index < -0.39 is 0 Å². The van der Waals surface area contributed by atoms with E-state index in [-0.39, 0.29) is 5.97 Å². The first-order valence-electron chi connectivity index (χ1n) is 9.64. The van der Waals surface area contributed by atoms with Crippen LogP contribution in [0.4, 0.5) is 5.95 Å². The molecule has 6 nitrogen and oxygen atoms in total. The molecule has 1 aromatic rings. The monoisotopic (exact) mass is 344 g/mol. The fourth-order valence-electron chi connectivity index (χ4n) is 4.76. The molecule has 0 atom stereocenters. The van der Waals surface area contributed by atoms with Gasteiger partial charge in [-0.3, -0.25) is 0 Å². The van der Waals surface area contributed by atoms with Crippen LogP contribution in [0.2, 0.25) is 0 Å². The van der Waals surface area contributed by atoms with Crippen LogP contribution in [0.1, 0.15) is 49.4 Å². The molecule has 1 spiro atoms. The van der Waals surface area contributed by atoms with Crippen molar-refractivity contribution in [1.29, 1.82) is 0 Å². The molecule has 3 aliphatic rings. The lowest BCUT2D eigenvalue weighted by Gasteiger charge is -2.49. The molecule has 4 rings (SSSR count). The average Bonchev–Trinajstić information content (AvgIpc) is 3.25. The quantitative estimate of drug-likeness (QED) is 0.764. The molecule has 1 aliphatic carbocycles. The number of anilines is 1. The SMILES string of the molecule is CCOC(=O)c1cnc(N2CCC3(CN(CC4CCCC4)C3)C2)nc1. The molecule has 2 saturated heterocycles. The van der Waals surface area contributed by atoms with Crippen LogP contribution < -0.4 is 4.90 Å². The van der Waals surface area contributed by atoms with Crippen LogP contribution >= 0.6 is 0 Å². The predicted octanol–water partition coefficient (Wildman–Crippen LogP) is 2.36. The minimum atomic E-state index is -0.353. The third kappa shape index (κ3) is 3.50. The summed E-state index contributed by atoms with van der Waals surface area (Å²) >= 11 is 0. The van der Waals surface area contributed by atoms with Gasteiger partial charge in [0.05, 0.1) is 12.2 Å². The lowest BCUT2D eigenvalue weighted by Crippen LogP contribution is -2.58. The molecule has 25 heavy (non-hydrogen) atoms. The van der Waals surface area contributed by atoms with E-state index >= 15 is 0 Å². The van der Waals surface area contributed by atoms with Gasteiger partial charge in [0.2, 0.25) is 5.95 Å². The minimum absolute atomic E-state index is 0.353. The van der Waals surface area contributed by atoms with Crippen LogP contribution in [-0.4, -0.2) is 60.2 Å². The molecule has 6 heteroatoms. The van der Waals surface area contributed by atoms with Crippen LogP contribution in [0, 0.1) is 11.3 Å². The summed E-state index contributed by atoms with van der Waals surface area (Å²) in [6.45, 7) is 7.95. The Hall–Kier alpha value is -1.69. The number of likely N-dealkylation sites (tertiary alicyclic amines) is 1. The molecule has 0 radical (unpaired) electrons. The fourth-order valence-corrected chi connectivity index (χ4v) is 4.76. The van der Waals surface area contributed by atoms with Gasteiger partial charge in [-0.05, 0) is 32.1 Å². The first-order valence-corrected chi connectivity index (χ1v) is 9.64. The normalized spacial score (nSPS) is 23.2. The Kier molecular flexibility index (Phi) is 4.63. The highest BCUT2D eigenvalue weighted by atomic mass is 16.5. The second-order valence-electron chi connectivity index (χ2n) is 7.98. The Balaban J connectivity index is 1.30. The lowest BCUT2D eigenvalue weighted by molar-refractivity contribution is 0.00705. The summed E-state index contributed by atoms with van der Waals surface area (Å²) in [5, 5.41) is 0. The Labute approximate surface area is 149 Å². The zero-order chi connectivity index (χ0) is 17.3. The van der Waals surface area contributed by atoms with Gasteiger partial charge in [-0.25, -0.2) is 14.8 Å². The number of hydrogen-bond donors (Lipinski definition) is 0. The number of esters is 1. The van der Waals surface area contributed by atoms with Crippen molar-refractivity contribution in [2.75, 3.05) is 44.2 Å². The van der Waals surface area contributed by atoms with E-state index in [9.17, 15) is 4.79 Å². The molecule has 2 aliphatic heterocycles. The number of rotatable bonds is 5. The fraction of sp³-hybridized carbons (Fsp3) is 0.737. The minimum Gasteiger partial charge on any atom is -0.462 e. The van der Waals surface area contributed by atoms with Gasteiger partial charge in [0.15, 0.2) is 0 Å². The Morgan fingerprint density at radius 3 is 2.64 bits per heavy atom. The van der Waals surface area contributed by atoms with Gasteiger partial charge in [0.1, 0.15) is 0 Å². The number of hydrogen-bond acceptors (Lipinski definition) is 6. The Bertz CT molecular complexity index is 606. The average molecular weight is 344 g/mol. The van der Waals surface area contributed by atoms with E-state index in [0.29, 0.717) is 17.6 Å². The first kappa shape index (κ1) is 16.8. The number of ether oxygens (including phenoxy) is 1. The van der Waals surface area contributed by atoms with Crippen molar-refractivity contribution >= 4 is 11.9 Å². The summed E-state index contributed by atoms with van der Waals surface area (Å²) in [7, 11) is 0. The van der Waals surface area contributed by atoms with E-state index in [4.69, 9.17) is 4.74 Å². The summed E-state index contributed by atoms with van der Waals surface area (Å²) in [5.74, 6) is 1.32. The molecular weight excluding hydrogens is 316 g/mol. The van der Waals surface area contributed by atoms with E-state index in [2.05, 4.69) is 19.8 Å². The zero-order valence-electron chi connectivity index (χ0n) is 15.1. The summed E-state index contributed by atoms with van der Waals surface area (Å²) in [4.78, 5) is 25.4. The summed E-state index contributed by atoms with van der Waals surface area (Å²) in [5.41, 5.74) is 0.854. The van der Waals surface area contributed by atoms with Crippen LogP contribution in [0.5, 0.6) is 0 Å². The maximum atomic E-state index is 11.7. The van der Waals surface area contributed by atoms with Crippen molar-refractivity contribution in [1.82, 2.24) is 14.9 Å². The molecule has 1 aromatic heterocycles. The molecule has 3 heterocycles. The zero-order valence-corrected chi connectivity index (χ0v) is 15.1. The lowest BCUT2D eigenvalue weighted by atomic mass is 9.78. The Morgan fingerprint density at radius 2 is 1.96 bits per heavy atom. The first-order chi connectivity index (χ1) is 12.2. The molecular formula is C19H28N4O2. The maximum Gasteiger partial charge on any atom is 0.341 e. The molecule has 3 fully saturated rings. The second kappa shape index (κ2) is 6.90. The molecule has 0 bridgehead atoms. The van der Waals surface area contributed by atoms with E-state index in [1.165, 1.54) is 51.7 Å². The Morgan fingerprint density at radius 1 is 1.24 bits per heavy atom. The van der Waals surface area contributed by atoms with Gasteiger partial charge in [0.25, 0.3) is 0 Å². The van der Waals surface area contributed by atoms with Gasteiger partial charge in [-0.2, -0.15) is 0 Å². The summed E-state index contributed by atoms with van der Waals surface area (Å²) < 4.78 is 4.98. The highest BCUT2D eigenvalue weighted by molar-refractivity contribution is 5.88. The predicted molar refractivity (Wildman–Crippen MR) is 95.6 cm³/mol. The molecule has 136 valence electrons. The molecule has 0 aromatic carbocycles. The largest absolute Gasteiger partial charge is 0.462 e. The van der Waals surface area contributed by atoms with Gasteiger partial charge < -0.3 is 14.5 Å². The molecule has 0 N–H and O–H groups in total. The molecule has 1 saturated carbocycles. The maximum absolute atomic E-state index is 11.7. The third-order valence-electron chi connectivity index (χ3n) is 5.98. The highest BCUT2D eigenvalue weighted by Gasteiger charge is 2.48. The highest BCUT2D eigenvalue weighted by Crippen LogP contribution is 2.41. The van der Waals surface area contributed by atoms with Gasteiger partial charge in [-0.1, -0.05) is 12.8 Å². The summed E-state index contributed by atoms with van der Waals surface area (Å²) in [6.07, 6.45) is 10.1. The van der Waals surface area contributed by atoms with Crippen LogP contribution in [0.3, 0.4) is 0 Å². The third-order valence-corrected chi connectivity index (χ3v) is 5.98. The molecule has 0 unspecified atom stereocenters. The second-order valence-corrected chi connectivity index (χ2v) is 7.98. The van der Waals surface area contributed by atoms with Crippen molar-refractivity contribution in [3.05, 3.63) is 18.0 Å². The molecule has 0 amide bonds. The van der Waals surface area contributed by atoms with Crippen LogP contribution in [0.25, 0.3) is 0 Å². The standard InChI is InChI=1S/C19H28N4O2/c1-2-25-17(24)16-9-20-18(21-10-16)23-8-7-19(14-23)12-22(13-19)11-15-5-3-4-6-15/h9-10,15H,2-8,11-14H2,1H3. The van der Waals surface area contributed by atoms with E-state index in [1.54, 1.807) is 19.3 Å². The number of aromatic nitrogens is 2. The number of carbonyl (C=O) groups is 1. The van der Waals surface area contributed by atoms with Crippen molar-refractivity contribution in [3.63, 3.8) is 0 Å². The van der Waals surface area contributed by atoms with Crippen molar-refractivity contribution in [2.45, 2.75) is 39.0 Å². The van der Waals surface area contributed by atoms with E-state index in [1.807, 2.05) is 0 Å². The summed E-state index contributed by atoms with van der Waals surface area (Å²) in [6, 6.07) is 0. The van der Waals surface area contributed by atoms with Crippen LogP contribution in [-0.2, 0) is 4.74 Å². The van der Waals surface area contributed by atoms with Crippen molar-refractivity contribution in [3.8, 4) is 0 Å². The van der Waals surface area contributed by atoms with Gasteiger partial charge in [0, 0.05) is 50.5 Å². The van der Waals surface area contributed by atoms with Crippen LogP contribution in [0.15, 0.2) is 12.4 Å². The topological polar surface area (TPSA) is 58.6 Å². The van der Waals surface area contributed by atoms with Crippen molar-refractivity contribution < 1.29 is 9.53 Å². The van der Waals surface area contributed by atoms with Crippen molar-refractivity contribution in [2.24, 2.45) is 11.3 Å². The van der Waals surface area contributed by atoms with Gasteiger partial charge in [-0.15, -0.1) is 0 Å².